The number of nitrogens with zero attached hydrogens (tertiary/aromatic N) is 3. The van der Waals surface area contributed by atoms with E-state index in [4.69, 9.17) is 4.74 Å². The Labute approximate surface area is 180 Å². The molecule has 0 bridgehead atoms. The average Bonchev–Trinajstić information content (AvgIpc) is 2.75. The van der Waals surface area contributed by atoms with Crippen LogP contribution >= 0.6 is 0 Å². The summed E-state index contributed by atoms with van der Waals surface area (Å²) in [5.41, 5.74) is 0.579. The third-order valence-corrected chi connectivity index (χ3v) is 5.44. The van der Waals surface area contributed by atoms with Crippen LogP contribution in [0.4, 0.5) is 14.5 Å². The summed E-state index contributed by atoms with van der Waals surface area (Å²) >= 11 is 0. The molecule has 1 aromatic carbocycles. The van der Waals surface area contributed by atoms with E-state index in [0.717, 1.165) is 77.2 Å². The van der Waals surface area contributed by atoms with Crippen LogP contribution < -0.4 is 5.32 Å². The van der Waals surface area contributed by atoms with Crippen molar-refractivity contribution in [2.24, 2.45) is 0 Å². The first-order valence-electron chi connectivity index (χ1n) is 11.1. The molecule has 5 nitrogen and oxygen atoms in total. The Kier molecular flexibility index (Phi) is 10.5. The Morgan fingerprint density at radius 1 is 1.07 bits per heavy atom. The molecule has 0 radical (unpaired) electrons. The summed E-state index contributed by atoms with van der Waals surface area (Å²) in [4.78, 5) is 6.98. The topological polar surface area (TPSA) is 31.0 Å². The average molecular weight is 425 g/mol. The van der Waals surface area contributed by atoms with Crippen molar-refractivity contribution >= 4 is 5.69 Å². The zero-order chi connectivity index (χ0) is 21.9. The van der Waals surface area contributed by atoms with E-state index >= 15 is 0 Å². The Hall–Kier alpha value is -1.70. The van der Waals surface area contributed by atoms with Crippen molar-refractivity contribution in [2.75, 3.05) is 64.8 Å². The molecule has 2 fully saturated rings. The van der Waals surface area contributed by atoms with Crippen LogP contribution in [0.1, 0.15) is 33.6 Å². The van der Waals surface area contributed by atoms with Gasteiger partial charge in [-0.05, 0) is 45.5 Å². The minimum absolute atomic E-state index is 0.579. The monoisotopic (exact) mass is 424 g/mol. The van der Waals surface area contributed by atoms with E-state index in [9.17, 15) is 8.78 Å². The van der Waals surface area contributed by atoms with Crippen molar-refractivity contribution in [2.45, 2.75) is 39.7 Å². The molecule has 0 amide bonds. The van der Waals surface area contributed by atoms with Gasteiger partial charge in [-0.3, -0.25) is 4.90 Å². The third-order valence-electron chi connectivity index (χ3n) is 5.44. The standard InChI is InChI=1S/C16H23F2N3.C7H15NO/c1-3-4-5-16(21-10-8-20(2)9-11-21)19-13-6-7-14(17)15(18)12-13;1-7(2)8-3-5-9-6-4-8/h5-7,12,19H,3-4,8-11H2,1-2H3;7H,3-6H2,1-2H3/b16-5-;. The molecule has 7 heteroatoms. The highest BCUT2D eigenvalue weighted by Gasteiger charge is 2.16. The maximum Gasteiger partial charge on any atom is 0.160 e. The summed E-state index contributed by atoms with van der Waals surface area (Å²) in [6.07, 6.45) is 4.14. The first-order valence-corrected chi connectivity index (χ1v) is 11.1. The van der Waals surface area contributed by atoms with Crippen LogP contribution in [0.5, 0.6) is 0 Å². The lowest BCUT2D eigenvalue weighted by Crippen LogP contribution is -2.45. The van der Waals surface area contributed by atoms with Crippen molar-refractivity contribution in [3.8, 4) is 0 Å². The van der Waals surface area contributed by atoms with E-state index in [0.29, 0.717) is 11.7 Å². The predicted molar refractivity (Wildman–Crippen MR) is 120 cm³/mol. The Balaban J connectivity index is 0.000000297. The number of hydrogen-bond donors (Lipinski definition) is 1. The molecule has 0 atom stereocenters. The van der Waals surface area contributed by atoms with Gasteiger partial charge in [-0.1, -0.05) is 13.3 Å². The summed E-state index contributed by atoms with van der Waals surface area (Å²) < 4.78 is 31.5. The van der Waals surface area contributed by atoms with Gasteiger partial charge in [0.05, 0.1) is 13.2 Å². The number of morpholine rings is 1. The van der Waals surface area contributed by atoms with Gasteiger partial charge in [0.25, 0.3) is 0 Å². The zero-order valence-corrected chi connectivity index (χ0v) is 19.0. The highest BCUT2D eigenvalue weighted by Crippen LogP contribution is 2.18. The predicted octanol–water partition coefficient (Wildman–Crippen LogP) is 3.99. The van der Waals surface area contributed by atoms with E-state index < -0.39 is 11.6 Å². The number of piperazine rings is 1. The SMILES string of the molecule is CC(C)N1CCOCC1.CCC/C=C(/Nc1ccc(F)c(F)c1)N1CCN(C)CC1. The minimum atomic E-state index is -0.826. The smallest absolute Gasteiger partial charge is 0.160 e. The second kappa shape index (κ2) is 12.9. The summed E-state index contributed by atoms with van der Waals surface area (Å²) in [6, 6.07) is 4.60. The Morgan fingerprint density at radius 3 is 2.27 bits per heavy atom. The minimum Gasteiger partial charge on any atom is -0.379 e. The van der Waals surface area contributed by atoms with Crippen LogP contribution in [0.3, 0.4) is 0 Å². The molecule has 0 spiro atoms. The molecule has 1 aromatic rings. The summed E-state index contributed by atoms with van der Waals surface area (Å²) in [5.74, 6) is -0.664. The Morgan fingerprint density at radius 2 is 1.73 bits per heavy atom. The van der Waals surface area contributed by atoms with Crippen LogP contribution in [0.2, 0.25) is 0 Å². The lowest BCUT2D eigenvalue weighted by atomic mass is 10.2. The lowest BCUT2D eigenvalue weighted by molar-refractivity contribution is 0.0238. The van der Waals surface area contributed by atoms with Crippen LogP contribution in [0.15, 0.2) is 30.1 Å². The summed E-state index contributed by atoms with van der Waals surface area (Å²) in [7, 11) is 2.11. The van der Waals surface area contributed by atoms with Gasteiger partial charge in [-0.25, -0.2) is 8.78 Å². The van der Waals surface area contributed by atoms with E-state index in [-0.39, 0.29) is 0 Å². The largest absolute Gasteiger partial charge is 0.379 e. The number of unbranched alkanes of at least 4 members (excludes halogenated alkanes) is 1. The molecule has 0 aromatic heterocycles. The highest BCUT2D eigenvalue weighted by atomic mass is 19.2. The number of allylic oxidation sites excluding steroid dienone is 1. The van der Waals surface area contributed by atoms with Gasteiger partial charge in [0, 0.05) is 57.1 Å². The molecule has 2 heterocycles. The van der Waals surface area contributed by atoms with E-state index in [1.54, 1.807) is 6.07 Å². The van der Waals surface area contributed by atoms with Gasteiger partial charge in [-0.2, -0.15) is 0 Å². The molecule has 0 aliphatic carbocycles. The van der Waals surface area contributed by atoms with Crippen molar-refractivity contribution in [3.05, 3.63) is 41.7 Å². The molecule has 0 unspecified atom stereocenters. The molecule has 2 aliphatic heterocycles. The fraction of sp³-hybridized carbons (Fsp3) is 0.652. The van der Waals surface area contributed by atoms with Crippen LogP contribution in [-0.2, 0) is 4.74 Å². The normalized spacial score (nSPS) is 18.9. The van der Waals surface area contributed by atoms with Gasteiger partial charge >= 0.3 is 0 Å². The van der Waals surface area contributed by atoms with Crippen LogP contribution in [0.25, 0.3) is 0 Å². The van der Waals surface area contributed by atoms with E-state index in [2.05, 4.69) is 53.9 Å². The molecule has 1 N–H and O–H groups in total. The first kappa shape index (κ1) is 24.6. The quantitative estimate of drug-likeness (QED) is 0.746. The molecule has 0 saturated carbocycles. The van der Waals surface area contributed by atoms with Gasteiger partial charge in [0.15, 0.2) is 11.6 Å². The number of halogens is 2. The third kappa shape index (κ3) is 8.20. The molecule has 2 saturated heterocycles. The van der Waals surface area contributed by atoms with Crippen LogP contribution in [-0.4, -0.2) is 80.3 Å². The molecule has 3 rings (SSSR count). The zero-order valence-electron chi connectivity index (χ0n) is 19.0. The number of benzene rings is 1. The highest BCUT2D eigenvalue weighted by molar-refractivity contribution is 5.48. The van der Waals surface area contributed by atoms with Crippen molar-refractivity contribution in [1.29, 1.82) is 0 Å². The van der Waals surface area contributed by atoms with Gasteiger partial charge in [0.1, 0.15) is 5.82 Å². The number of hydrogen-bond acceptors (Lipinski definition) is 5. The number of nitrogens with one attached hydrogen (secondary N) is 1. The van der Waals surface area contributed by atoms with Crippen LogP contribution in [0, 0.1) is 11.6 Å². The summed E-state index contributed by atoms with van der Waals surface area (Å²) in [6.45, 7) is 14.5. The number of ether oxygens (including phenoxy) is 1. The van der Waals surface area contributed by atoms with Gasteiger partial charge in [-0.15, -0.1) is 0 Å². The number of rotatable bonds is 6. The summed E-state index contributed by atoms with van der Waals surface area (Å²) in [5, 5.41) is 3.23. The van der Waals surface area contributed by atoms with Gasteiger partial charge < -0.3 is 19.9 Å². The fourth-order valence-electron chi connectivity index (χ4n) is 3.40. The maximum absolute atomic E-state index is 13.3. The second-order valence-electron chi connectivity index (χ2n) is 8.16. The molecular formula is C23H38F2N4O. The van der Waals surface area contributed by atoms with E-state index in [1.165, 1.54) is 6.07 Å². The Bertz CT molecular complexity index is 655. The van der Waals surface area contributed by atoms with E-state index in [1.807, 2.05) is 0 Å². The van der Waals surface area contributed by atoms with Gasteiger partial charge in [0.2, 0.25) is 0 Å². The van der Waals surface area contributed by atoms with Crippen molar-refractivity contribution < 1.29 is 13.5 Å². The number of likely N-dealkylation sites (N-methyl/N-ethyl adjacent to an activating group) is 1. The molecule has 2 aliphatic rings. The second-order valence-corrected chi connectivity index (χ2v) is 8.16. The molecular weight excluding hydrogens is 386 g/mol. The molecule has 30 heavy (non-hydrogen) atoms. The first-order chi connectivity index (χ1) is 14.4. The maximum atomic E-state index is 13.3. The molecule has 170 valence electrons. The van der Waals surface area contributed by atoms with Crippen molar-refractivity contribution in [3.63, 3.8) is 0 Å². The lowest BCUT2D eigenvalue weighted by Gasteiger charge is -2.36. The number of anilines is 1. The van der Waals surface area contributed by atoms with Crippen molar-refractivity contribution in [1.82, 2.24) is 14.7 Å². The fourth-order valence-corrected chi connectivity index (χ4v) is 3.40.